The number of hydrogen-bond donors (Lipinski definition) is 3. The normalized spacial score (nSPS) is 11.8. The smallest absolute Gasteiger partial charge is 0.191 e. The molecule has 24 heavy (non-hydrogen) atoms. The second kappa shape index (κ2) is 7.73. The SMILES string of the molecule is CN=C(NCCc1c[nH]c2c(C)cccc12)NCCn1cccc1. The topological polar surface area (TPSA) is 57.1 Å². The van der Waals surface area contributed by atoms with Gasteiger partial charge in [-0.05, 0) is 36.6 Å². The number of H-pyrrole nitrogens is 1. The van der Waals surface area contributed by atoms with Crippen molar-refractivity contribution < 1.29 is 0 Å². The van der Waals surface area contributed by atoms with Crippen molar-refractivity contribution in [2.75, 3.05) is 20.1 Å². The molecule has 0 spiro atoms. The van der Waals surface area contributed by atoms with Crippen LogP contribution in [0.2, 0.25) is 0 Å². The van der Waals surface area contributed by atoms with E-state index in [4.69, 9.17) is 0 Å². The molecule has 0 aliphatic rings. The fourth-order valence-corrected chi connectivity index (χ4v) is 2.93. The zero-order valence-electron chi connectivity index (χ0n) is 14.3. The molecular weight excluding hydrogens is 298 g/mol. The van der Waals surface area contributed by atoms with Crippen LogP contribution in [0.5, 0.6) is 0 Å². The molecule has 3 rings (SSSR count). The van der Waals surface area contributed by atoms with Gasteiger partial charge in [-0.1, -0.05) is 18.2 Å². The number of aromatic amines is 1. The number of rotatable bonds is 6. The molecule has 0 fully saturated rings. The molecule has 3 N–H and O–H groups in total. The minimum absolute atomic E-state index is 0.846. The standard InChI is InChI=1S/C19H25N5/c1-15-6-5-7-17-16(14-23-18(15)17)8-9-21-19(20-2)22-10-13-24-11-3-4-12-24/h3-7,11-12,14,23H,8-10,13H2,1-2H3,(H2,20,21,22). The molecular formula is C19H25N5. The van der Waals surface area contributed by atoms with Gasteiger partial charge in [-0.25, -0.2) is 0 Å². The van der Waals surface area contributed by atoms with E-state index in [1.807, 2.05) is 12.1 Å². The summed E-state index contributed by atoms with van der Waals surface area (Å²) in [5.74, 6) is 0.846. The number of hydrogen-bond acceptors (Lipinski definition) is 1. The van der Waals surface area contributed by atoms with E-state index in [9.17, 15) is 0 Å². The van der Waals surface area contributed by atoms with Crippen LogP contribution in [0.25, 0.3) is 10.9 Å². The summed E-state index contributed by atoms with van der Waals surface area (Å²) in [6.45, 7) is 4.76. The quantitative estimate of drug-likeness (QED) is 0.482. The van der Waals surface area contributed by atoms with Crippen LogP contribution in [0, 0.1) is 6.92 Å². The Hall–Kier alpha value is -2.69. The number of aryl methyl sites for hydroxylation is 1. The Balaban J connectivity index is 1.48. The van der Waals surface area contributed by atoms with E-state index in [0.29, 0.717) is 0 Å². The predicted molar refractivity (Wildman–Crippen MR) is 101 cm³/mol. The molecule has 0 bridgehead atoms. The van der Waals surface area contributed by atoms with E-state index in [1.54, 1.807) is 7.05 Å². The molecule has 0 amide bonds. The van der Waals surface area contributed by atoms with E-state index < -0.39 is 0 Å². The molecule has 0 radical (unpaired) electrons. The minimum atomic E-state index is 0.846. The van der Waals surface area contributed by atoms with E-state index in [0.717, 1.165) is 32.0 Å². The summed E-state index contributed by atoms with van der Waals surface area (Å²) in [6, 6.07) is 10.5. The summed E-state index contributed by atoms with van der Waals surface area (Å²) in [6.07, 6.45) is 7.21. The molecule has 2 heterocycles. The summed E-state index contributed by atoms with van der Waals surface area (Å²) < 4.78 is 2.15. The van der Waals surface area contributed by atoms with E-state index in [1.165, 1.54) is 22.0 Å². The van der Waals surface area contributed by atoms with Gasteiger partial charge in [0.1, 0.15) is 0 Å². The maximum absolute atomic E-state index is 4.28. The van der Waals surface area contributed by atoms with Gasteiger partial charge in [0.25, 0.3) is 0 Å². The third-order valence-corrected chi connectivity index (χ3v) is 4.25. The summed E-state index contributed by atoms with van der Waals surface area (Å²) in [7, 11) is 1.81. The van der Waals surface area contributed by atoms with Crippen molar-refractivity contribution in [2.24, 2.45) is 4.99 Å². The van der Waals surface area contributed by atoms with Crippen molar-refractivity contribution >= 4 is 16.9 Å². The van der Waals surface area contributed by atoms with Crippen LogP contribution in [0.4, 0.5) is 0 Å². The van der Waals surface area contributed by atoms with Crippen molar-refractivity contribution in [1.29, 1.82) is 0 Å². The number of guanidine groups is 1. The highest BCUT2D eigenvalue weighted by Crippen LogP contribution is 2.21. The average Bonchev–Trinajstić information content (AvgIpc) is 3.24. The first-order chi connectivity index (χ1) is 11.8. The number of benzene rings is 1. The highest BCUT2D eigenvalue weighted by atomic mass is 15.2. The molecule has 0 saturated carbocycles. The first-order valence-electron chi connectivity index (χ1n) is 8.39. The highest BCUT2D eigenvalue weighted by molar-refractivity contribution is 5.86. The van der Waals surface area contributed by atoms with Crippen molar-refractivity contribution in [3.8, 4) is 0 Å². The van der Waals surface area contributed by atoms with E-state index in [2.05, 4.69) is 68.9 Å². The fourth-order valence-electron chi connectivity index (χ4n) is 2.93. The van der Waals surface area contributed by atoms with Crippen LogP contribution in [-0.4, -0.2) is 35.6 Å². The van der Waals surface area contributed by atoms with Gasteiger partial charge in [0.05, 0.1) is 0 Å². The summed E-state index contributed by atoms with van der Waals surface area (Å²) in [5.41, 5.74) is 3.86. The maximum atomic E-state index is 4.28. The van der Waals surface area contributed by atoms with Crippen LogP contribution < -0.4 is 10.6 Å². The van der Waals surface area contributed by atoms with E-state index >= 15 is 0 Å². The Bertz CT molecular complexity index is 798. The van der Waals surface area contributed by atoms with Gasteiger partial charge in [-0.3, -0.25) is 4.99 Å². The second-order valence-electron chi connectivity index (χ2n) is 5.91. The Morgan fingerprint density at radius 1 is 1.12 bits per heavy atom. The number of nitrogens with one attached hydrogen (secondary N) is 3. The van der Waals surface area contributed by atoms with Crippen molar-refractivity contribution in [2.45, 2.75) is 19.9 Å². The molecule has 5 nitrogen and oxygen atoms in total. The zero-order chi connectivity index (χ0) is 16.8. The van der Waals surface area contributed by atoms with Gasteiger partial charge in [0, 0.05) is 56.2 Å². The van der Waals surface area contributed by atoms with Gasteiger partial charge in [0.15, 0.2) is 5.96 Å². The summed E-state index contributed by atoms with van der Waals surface area (Å²) in [5, 5.41) is 8.04. The Labute approximate surface area is 142 Å². The molecule has 3 aromatic rings. The first-order valence-corrected chi connectivity index (χ1v) is 8.39. The van der Waals surface area contributed by atoms with Crippen LogP contribution in [-0.2, 0) is 13.0 Å². The number of nitrogens with zero attached hydrogens (tertiary/aromatic N) is 2. The van der Waals surface area contributed by atoms with Gasteiger partial charge in [-0.15, -0.1) is 0 Å². The van der Waals surface area contributed by atoms with Crippen LogP contribution >= 0.6 is 0 Å². The first kappa shape index (κ1) is 16.2. The molecule has 0 aliphatic heterocycles. The average molecular weight is 323 g/mol. The highest BCUT2D eigenvalue weighted by Gasteiger charge is 2.05. The predicted octanol–water partition coefficient (Wildman–Crippen LogP) is 2.69. The lowest BCUT2D eigenvalue weighted by atomic mass is 10.1. The van der Waals surface area contributed by atoms with Crippen LogP contribution in [0.3, 0.4) is 0 Å². The van der Waals surface area contributed by atoms with Crippen LogP contribution in [0.15, 0.2) is 53.9 Å². The van der Waals surface area contributed by atoms with Gasteiger partial charge in [0.2, 0.25) is 0 Å². The summed E-state index contributed by atoms with van der Waals surface area (Å²) in [4.78, 5) is 7.66. The van der Waals surface area contributed by atoms with Crippen LogP contribution in [0.1, 0.15) is 11.1 Å². The molecule has 0 aliphatic carbocycles. The fraction of sp³-hybridized carbons (Fsp3) is 0.316. The monoisotopic (exact) mass is 323 g/mol. The van der Waals surface area contributed by atoms with Gasteiger partial charge < -0.3 is 20.2 Å². The molecule has 126 valence electrons. The number of aliphatic imine (C=N–C) groups is 1. The lowest BCUT2D eigenvalue weighted by Crippen LogP contribution is -2.39. The molecule has 2 aromatic heterocycles. The molecule has 0 unspecified atom stereocenters. The third-order valence-electron chi connectivity index (χ3n) is 4.25. The van der Waals surface area contributed by atoms with Crippen molar-refractivity contribution in [3.63, 3.8) is 0 Å². The Kier molecular flexibility index (Phi) is 5.21. The number of aromatic nitrogens is 2. The number of fused-ring (bicyclic) bond motifs is 1. The summed E-state index contributed by atoms with van der Waals surface area (Å²) >= 11 is 0. The van der Waals surface area contributed by atoms with Gasteiger partial charge >= 0.3 is 0 Å². The molecule has 0 atom stereocenters. The van der Waals surface area contributed by atoms with Crippen molar-refractivity contribution in [3.05, 3.63) is 60.0 Å². The van der Waals surface area contributed by atoms with Crippen molar-refractivity contribution in [1.82, 2.24) is 20.2 Å². The Morgan fingerprint density at radius 2 is 1.92 bits per heavy atom. The van der Waals surface area contributed by atoms with E-state index in [-0.39, 0.29) is 0 Å². The molecule has 5 heteroatoms. The maximum Gasteiger partial charge on any atom is 0.191 e. The molecule has 0 saturated heterocycles. The number of para-hydroxylation sites is 1. The zero-order valence-corrected chi connectivity index (χ0v) is 14.3. The largest absolute Gasteiger partial charge is 0.361 e. The third kappa shape index (κ3) is 3.79. The Morgan fingerprint density at radius 3 is 2.71 bits per heavy atom. The molecule has 1 aromatic carbocycles. The van der Waals surface area contributed by atoms with Gasteiger partial charge in [-0.2, -0.15) is 0 Å². The second-order valence-corrected chi connectivity index (χ2v) is 5.91. The lowest BCUT2D eigenvalue weighted by molar-refractivity contribution is 0.665. The minimum Gasteiger partial charge on any atom is -0.361 e. The lowest BCUT2D eigenvalue weighted by Gasteiger charge is -2.12.